The topological polar surface area (TPSA) is 75.3 Å². The van der Waals surface area contributed by atoms with Gasteiger partial charge in [0.15, 0.2) is 0 Å². The van der Waals surface area contributed by atoms with Crippen LogP contribution in [0.5, 0.6) is 0 Å². The number of nitrogens with zero attached hydrogens (tertiary/aromatic N) is 3. The van der Waals surface area contributed by atoms with Gasteiger partial charge < -0.3 is 15.7 Å². The summed E-state index contributed by atoms with van der Waals surface area (Å²) in [5, 5.41) is 9.45. The van der Waals surface area contributed by atoms with Gasteiger partial charge in [-0.2, -0.15) is 4.98 Å². The minimum absolute atomic E-state index is 0.165. The molecule has 3 rings (SSSR count). The average molecular weight is 276 g/mol. The molecule has 1 saturated carbocycles. The lowest BCUT2D eigenvalue weighted by molar-refractivity contribution is 0.0732. The molecule has 110 valence electrons. The van der Waals surface area contributed by atoms with E-state index in [1.54, 1.807) is 0 Å². The summed E-state index contributed by atoms with van der Waals surface area (Å²) in [6, 6.07) is 2.08. The lowest BCUT2D eigenvalue weighted by Crippen LogP contribution is -2.30. The van der Waals surface area contributed by atoms with Crippen LogP contribution in [0.3, 0.4) is 0 Å². The minimum atomic E-state index is -0.165. The van der Waals surface area contributed by atoms with Crippen molar-refractivity contribution in [1.82, 2.24) is 9.97 Å². The van der Waals surface area contributed by atoms with E-state index in [0.29, 0.717) is 11.9 Å². The number of hydrogen-bond donors (Lipinski definition) is 2. The van der Waals surface area contributed by atoms with E-state index in [2.05, 4.69) is 20.9 Å². The maximum absolute atomic E-state index is 9.45. The number of nitrogen functional groups attached to an aromatic ring is 1. The van der Waals surface area contributed by atoms with E-state index in [1.165, 1.54) is 32.1 Å². The van der Waals surface area contributed by atoms with Crippen molar-refractivity contribution in [2.24, 2.45) is 0 Å². The van der Waals surface area contributed by atoms with Gasteiger partial charge in [-0.05, 0) is 25.7 Å². The van der Waals surface area contributed by atoms with Crippen LogP contribution in [-0.4, -0.2) is 34.3 Å². The Morgan fingerprint density at radius 3 is 2.35 bits per heavy atom. The highest BCUT2D eigenvalue weighted by atomic mass is 16.3. The van der Waals surface area contributed by atoms with Crippen LogP contribution in [0.4, 0.5) is 11.8 Å². The van der Waals surface area contributed by atoms with Crippen molar-refractivity contribution in [3.05, 3.63) is 11.8 Å². The second-order valence-corrected chi connectivity index (χ2v) is 6.09. The normalized spacial score (nSPS) is 27.6. The Bertz CT molecular complexity index is 451. The molecule has 0 amide bonds. The Hall–Kier alpha value is -1.36. The molecule has 0 unspecified atom stereocenters. The molecule has 20 heavy (non-hydrogen) atoms. The number of aromatic nitrogens is 2. The zero-order chi connectivity index (χ0) is 13.9. The lowest BCUT2D eigenvalue weighted by atomic mass is 9.80. The fourth-order valence-corrected chi connectivity index (χ4v) is 3.15. The lowest BCUT2D eigenvalue weighted by Gasteiger charge is -2.32. The second kappa shape index (κ2) is 5.95. The van der Waals surface area contributed by atoms with E-state index in [-0.39, 0.29) is 6.10 Å². The zero-order valence-electron chi connectivity index (χ0n) is 12.0. The highest BCUT2D eigenvalue weighted by Crippen LogP contribution is 2.37. The smallest absolute Gasteiger partial charge is 0.222 e. The molecule has 0 atom stereocenters. The van der Waals surface area contributed by atoms with E-state index in [0.717, 1.165) is 37.4 Å². The van der Waals surface area contributed by atoms with Gasteiger partial charge >= 0.3 is 0 Å². The van der Waals surface area contributed by atoms with Crippen molar-refractivity contribution in [2.75, 3.05) is 23.7 Å². The van der Waals surface area contributed by atoms with Crippen LogP contribution in [0.2, 0.25) is 0 Å². The van der Waals surface area contributed by atoms with Crippen molar-refractivity contribution in [1.29, 1.82) is 0 Å². The summed E-state index contributed by atoms with van der Waals surface area (Å²) >= 11 is 0. The molecule has 0 radical (unpaired) electrons. The minimum Gasteiger partial charge on any atom is -0.393 e. The predicted molar refractivity (Wildman–Crippen MR) is 79.7 cm³/mol. The van der Waals surface area contributed by atoms with Gasteiger partial charge in [0.2, 0.25) is 5.95 Å². The van der Waals surface area contributed by atoms with Crippen molar-refractivity contribution in [2.45, 2.75) is 57.0 Å². The molecule has 5 heteroatoms. The van der Waals surface area contributed by atoms with Crippen molar-refractivity contribution in [3.63, 3.8) is 0 Å². The number of anilines is 2. The van der Waals surface area contributed by atoms with Gasteiger partial charge in [0, 0.05) is 25.1 Å². The van der Waals surface area contributed by atoms with E-state index in [4.69, 9.17) is 5.73 Å². The van der Waals surface area contributed by atoms with Crippen molar-refractivity contribution in [3.8, 4) is 0 Å². The predicted octanol–water partition coefficient (Wildman–Crippen LogP) is 2.07. The third kappa shape index (κ3) is 3.03. The maximum Gasteiger partial charge on any atom is 0.222 e. The molecular formula is C15H24N4O. The van der Waals surface area contributed by atoms with Gasteiger partial charge in [0.1, 0.15) is 5.82 Å². The van der Waals surface area contributed by atoms with Crippen LogP contribution >= 0.6 is 0 Å². The summed E-state index contributed by atoms with van der Waals surface area (Å²) in [4.78, 5) is 11.1. The van der Waals surface area contributed by atoms with Crippen LogP contribution < -0.4 is 10.6 Å². The quantitative estimate of drug-likeness (QED) is 0.865. The van der Waals surface area contributed by atoms with E-state index in [9.17, 15) is 5.11 Å². The Labute approximate surface area is 120 Å². The molecule has 0 spiro atoms. The summed E-state index contributed by atoms with van der Waals surface area (Å²) in [5.74, 6) is 1.68. The first-order valence-electron chi connectivity index (χ1n) is 7.80. The summed E-state index contributed by atoms with van der Waals surface area (Å²) in [6.45, 7) is 2.12. The van der Waals surface area contributed by atoms with Gasteiger partial charge in [-0.25, -0.2) is 4.98 Å². The molecule has 3 N–H and O–H groups in total. The Morgan fingerprint density at radius 2 is 1.70 bits per heavy atom. The van der Waals surface area contributed by atoms with Crippen LogP contribution in [-0.2, 0) is 0 Å². The SMILES string of the molecule is Nc1nc(C2CC(O)C2)cc(N2CCCCCCC2)n1. The fraction of sp³-hybridized carbons (Fsp3) is 0.733. The number of hydrogen-bond acceptors (Lipinski definition) is 5. The highest BCUT2D eigenvalue weighted by molar-refractivity contribution is 5.44. The van der Waals surface area contributed by atoms with E-state index in [1.807, 2.05) is 0 Å². The summed E-state index contributed by atoms with van der Waals surface area (Å²) < 4.78 is 0. The zero-order valence-corrected chi connectivity index (χ0v) is 12.0. The molecule has 1 aliphatic carbocycles. The molecule has 0 bridgehead atoms. The summed E-state index contributed by atoms with van der Waals surface area (Å²) in [5.41, 5.74) is 6.88. The standard InChI is InChI=1S/C15H24N4O/c16-15-17-13(11-8-12(20)9-11)10-14(18-15)19-6-4-2-1-3-5-7-19/h10-12,20H,1-9H2,(H2,16,17,18). The number of nitrogens with two attached hydrogens (primary N) is 1. The first-order valence-corrected chi connectivity index (χ1v) is 7.80. The third-order valence-corrected chi connectivity index (χ3v) is 4.46. The van der Waals surface area contributed by atoms with Crippen LogP contribution in [0, 0.1) is 0 Å². The molecule has 2 aliphatic rings. The largest absolute Gasteiger partial charge is 0.393 e. The first kappa shape index (κ1) is 13.6. The number of aliphatic hydroxyl groups excluding tert-OH is 1. The van der Waals surface area contributed by atoms with E-state index < -0.39 is 0 Å². The average Bonchev–Trinajstić information content (AvgIpc) is 2.33. The molecule has 5 nitrogen and oxygen atoms in total. The molecule has 1 aromatic rings. The van der Waals surface area contributed by atoms with Gasteiger partial charge in [-0.3, -0.25) is 0 Å². The van der Waals surface area contributed by atoms with Gasteiger partial charge in [-0.15, -0.1) is 0 Å². The number of rotatable bonds is 2. The summed E-state index contributed by atoms with van der Waals surface area (Å²) in [6.07, 6.45) is 7.85. The summed E-state index contributed by atoms with van der Waals surface area (Å²) in [7, 11) is 0. The molecular weight excluding hydrogens is 252 g/mol. The monoisotopic (exact) mass is 276 g/mol. The van der Waals surface area contributed by atoms with E-state index >= 15 is 0 Å². The van der Waals surface area contributed by atoms with Gasteiger partial charge in [0.05, 0.1) is 11.8 Å². The van der Waals surface area contributed by atoms with Gasteiger partial charge in [0.25, 0.3) is 0 Å². The molecule has 2 fully saturated rings. The Kier molecular flexibility index (Phi) is 4.05. The number of aliphatic hydroxyl groups is 1. The molecule has 1 saturated heterocycles. The third-order valence-electron chi connectivity index (χ3n) is 4.46. The maximum atomic E-state index is 9.45. The Morgan fingerprint density at radius 1 is 1.05 bits per heavy atom. The first-order chi connectivity index (χ1) is 9.72. The van der Waals surface area contributed by atoms with Gasteiger partial charge in [-0.1, -0.05) is 19.3 Å². The molecule has 0 aromatic carbocycles. The molecule has 1 aliphatic heterocycles. The Balaban J connectivity index is 1.77. The fourth-order valence-electron chi connectivity index (χ4n) is 3.15. The highest BCUT2D eigenvalue weighted by Gasteiger charge is 2.30. The van der Waals surface area contributed by atoms with Crippen molar-refractivity contribution >= 4 is 11.8 Å². The van der Waals surface area contributed by atoms with Crippen LogP contribution in [0.15, 0.2) is 6.07 Å². The molecule has 1 aromatic heterocycles. The second-order valence-electron chi connectivity index (χ2n) is 6.09. The van der Waals surface area contributed by atoms with Crippen molar-refractivity contribution < 1.29 is 5.11 Å². The molecule has 2 heterocycles. The van der Waals surface area contributed by atoms with Crippen LogP contribution in [0.25, 0.3) is 0 Å². The van der Waals surface area contributed by atoms with Crippen LogP contribution in [0.1, 0.15) is 56.6 Å².